The van der Waals surface area contributed by atoms with Crippen LogP contribution in [0.25, 0.3) is 10.9 Å². The van der Waals surface area contributed by atoms with E-state index in [0.717, 1.165) is 23.7 Å². The number of aromatic amines is 1. The molecule has 4 rings (SSSR count). The number of anilines is 1. The lowest BCUT2D eigenvalue weighted by Crippen LogP contribution is -2.13. The van der Waals surface area contributed by atoms with E-state index >= 15 is 0 Å². The number of aryl methyl sites for hydroxylation is 1. The molecule has 2 N–H and O–H groups in total. The maximum absolute atomic E-state index is 12.7. The molecule has 138 valence electrons. The fourth-order valence-corrected chi connectivity index (χ4v) is 3.78. The fourth-order valence-electron chi connectivity index (χ4n) is 3.78. The third-order valence-corrected chi connectivity index (χ3v) is 5.24. The number of methoxy groups -OCH3 is 1. The summed E-state index contributed by atoms with van der Waals surface area (Å²) in [6, 6.07) is 12.5. The monoisotopic (exact) mass is 362 g/mol. The molecule has 1 aromatic heterocycles. The second-order valence-corrected chi connectivity index (χ2v) is 7.22. The van der Waals surface area contributed by atoms with Crippen LogP contribution in [-0.4, -0.2) is 24.0 Å². The first-order valence-electron chi connectivity index (χ1n) is 9.18. The molecule has 5 nitrogen and oxygen atoms in total. The average Bonchev–Trinajstić information content (AvgIpc) is 3.04. The minimum absolute atomic E-state index is 0.197. The summed E-state index contributed by atoms with van der Waals surface area (Å²) >= 11 is 0. The predicted molar refractivity (Wildman–Crippen MR) is 105 cm³/mol. The van der Waals surface area contributed by atoms with Crippen molar-refractivity contribution in [1.82, 2.24) is 4.98 Å². The molecule has 0 bridgehead atoms. The number of fused-ring (bicyclic) bond motifs is 3. The standard InChI is InChI=1S/C22H22N2O3/c1-13-6-8-19-17(10-13)18-12-14(7-9-20(18)24-19)21(25)23-16-5-3-4-15(11-16)22(26)27-2/h3-5,7,9,11-13,24H,6,8,10H2,1-2H3,(H,23,25)/t13-/m0/s1. The second kappa shape index (κ2) is 6.91. The largest absolute Gasteiger partial charge is 0.465 e. The van der Waals surface area contributed by atoms with Gasteiger partial charge in [-0.3, -0.25) is 4.79 Å². The number of rotatable bonds is 3. The number of esters is 1. The van der Waals surface area contributed by atoms with Crippen molar-refractivity contribution in [3.8, 4) is 0 Å². The Morgan fingerprint density at radius 1 is 1.15 bits per heavy atom. The van der Waals surface area contributed by atoms with Gasteiger partial charge < -0.3 is 15.0 Å². The van der Waals surface area contributed by atoms with E-state index in [1.54, 1.807) is 24.3 Å². The number of carbonyl (C=O) groups is 2. The first-order valence-corrected chi connectivity index (χ1v) is 9.18. The van der Waals surface area contributed by atoms with Crippen molar-refractivity contribution < 1.29 is 14.3 Å². The molecule has 3 aromatic rings. The van der Waals surface area contributed by atoms with Crippen molar-refractivity contribution >= 4 is 28.5 Å². The van der Waals surface area contributed by atoms with Crippen LogP contribution in [0.2, 0.25) is 0 Å². The molecule has 0 aliphatic heterocycles. The molecule has 0 saturated heterocycles. The number of carbonyl (C=O) groups excluding carboxylic acids is 2. The zero-order chi connectivity index (χ0) is 19.0. The van der Waals surface area contributed by atoms with Gasteiger partial charge in [-0.25, -0.2) is 4.79 Å². The summed E-state index contributed by atoms with van der Waals surface area (Å²) in [4.78, 5) is 27.9. The molecule has 0 fully saturated rings. The Balaban J connectivity index is 1.61. The van der Waals surface area contributed by atoms with E-state index in [9.17, 15) is 9.59 Å². The number of hydrogen-bond donors (Lipinski definition) is 2. The quantitative estimate of drug-likeness (QED) is 0.681. The molecule has 0 saturated carbocycles. The summed E-state index contributed by atoms with van der Waals surface area (Å²) in [5.74, 6) is 0.0355. The van der Waals surface area contributed by atoms with Gasteiger partial charge >= 0.3 is 5.97 Å². The Kier molecular flexibility index (Phi) is 4.44. The summed E-state index contributed by atoms with van der Waals surface area (Å²) in [5.41, 5.74) is 5.29. The van der Waals surface area contributed by atoms with Crippen LogP contribution in [0.5, 0.6) is 0 Å². The van der Waals surface area contributed by atoms with Crippen molar-refractivity contribution in [1.29, 1.82) is 0 Å². The Hall–Kier alpha value is -3.08. The van der Waals surface area contributed by atoms with Crippen LogP contribution in [0.3, 0.4) is 0 Å². The summed E-state index contributed by atoms with van der Waals surface area (Å²) in [7, 11) is 1.33. The Labute approximate surface area is 157 Å². The highest BCUT2D eigenvalue weighted by molar-refractivity contribution is 6.07. The lowest BCUT2D eigenvalue weighted by molar-refractivity contribution is 0.0600. The molecule has 2 aromatic carbocycles. The molecule has 1 amide bonds. The zero-order valence-electron chi connectivity index (χ0n) is 15.5. The Morgan fingerprint density at radius 3 is 2.81 bits per heavy atom. The van der Waals surface area contributed by atoms with Gasteiger partial charge in [0.25, 0.3) is 5.91 Å². The van der Waals surface area contributed by atoms with Crippen LogP contribution in [0.4, 0.5) is 5.69 Å². The number of aromatic nitrogens is 1. The SMILES string of the molecule is COC(=O)c1cccc(NC(=O)c2ccc3[nH]c4c(c3c2)C[C@@H](C)CC4)c1. The molecule has 1 aliphatic rings. The van der Waals surface area contributed by atoms with E-state index in [4.69, 9.17) is 4.74 Å². The number of ether oxygens (including phenoxy) is 1. The molecule has 1 atom stereocenters. The van der Waals surface area contributed by atoms with E-state index in [-0.39, 0.29) is 5.91 Å². The Morgan fingerprint density at radius 2 is 2.00 bits per heavy atom. The van der Waals surface area contributed by atoms with Crippen LogP contribution >= 0.6 is 0 Å². The van der Waals surface area contributed by atoms with Crippen LogP contribution in [0, 0.1) is 5.92 Å². The summed E-state index contributed by atoms with van der Waals surface area (Å²) in [6.45, 7) is 2.27. The number of hydrogen-bond acceptors (Lipinski definition) is 3. The highest BCUT2D eigenvalue weighted by atomic mass is 16.5. The highest BCUT2D eigenvalue weighted by Gasteiger charge is 2.20. The molecule has 0 spiro atoms. The van der Waals surface area contributed by atoms with Crippen molar-refractivity contribution in [2.45, 2.75) is 26.2 Å². The van der Waals surface area contributed by atoms with E-state index < -0.39 is 5.97 Å². The van der Waals surface area contributed by atoms with Gasteiger partial charge in [-0.15, -0.1) is 0 Å². The van der Waals surface area contributed by atoms with E-state index in [2.05, 4.69) is 17.2 Å². The number of nitrogens with one attached hydrogen (secondary N) is 2. The topological polar surface area (TPSA) is 71.2 Å². The zero-order valence-corrected chi connectivity index (χ0v) is 15.5. The summed E-state index contributed by atoms with van der Waals surface area (Å²) in [6.07, 6.45) is 3.30. The first kappa shape index (κ1) is 17.3. The number of amides is 1. The third-order valence-electron chi connectivity index (χ3n) is 5.24. The molecule has 5 heteroatoms. The normalized spacial score (nSPS) is 16.0. The predicted octanol–water partition coefficient (Wildman–Crippen LogP) is 4.33. The maximum Gasteiger partial charge on any atom is 0.337 e. The van der Waals surface area contributed by atoms with Crippen molar-refractivity contribution in [2.75, 3.05) is 12.4 Å². The number of benzene rings is 2. The first-order chi connectivity index (χ1) is 13.0. The van der Waals surface area contributed by atoms with E-state index in [0.29, 0.717) is 22.7 Å². The molecular weight excluding hydrogens is 340 g/mol. The van der Waals surface area contributed by atoms with Crippen molar-refractivity contribution in [3.05, 3.63) is 64.8 Å². The lowest BCUT2D eigenvalue weighted by Gasteiger charge is -2.18. The minimum Gasteiger partial charge on any atom is -0.465 e. The van der Waals surface area contributed by atoms with Gasteiger partial charge in [0.15, 0.2) is 0 Å². The van der Waals surface area contributed by atoms with Crippen LogP contribution in [-0.2, 0) is 17.6 Å². The molecule has 27 heavy (non-hydrogen) atoms. The van der Waals surface area contributed by atoms with Crippen LogP contribution in [0.15, 0.2) is 42.5 Å². The van der Waals surface area contributed by atoms with Gasteiger partial charge in [0.2, 0.25) is 0 Å². The van der Waals surface area contributed by atoms with E-state index in [1.165, 1.54) is 24.8 Å². The fraction of sp³-hybridized carbons (Fsp3) is 0.273. The Bertz CT molecular complexity index is 1040. The van der Waals surface area contributed by atoms with Gasteiger partial charge in [-0.1, -0.05) is 13.0 Å². The lowest BCUT2D eigenvalue weighted by atomic mass is 9.87. The van der Waals surface area contributed by atoms with Crippen molar-refractivity contribution in [2.24, 2.45) is 5.92 Å². The van der Waals surface area contributed by atoms with Gasteiger partial charge in [0.1, 0.15) is 0 Å². The summed E-state index contributed by atoms with van der Waals surface area (Å²) in [5, 5.41) is 4.00. The van der Waals surface area contributed by atoms with E-state index in [1.807, 2.05) is 18.2 Å². The van der Waals surface area contributed by atoms with Crippen LogP contribution < -0.4 is 5.32 Å². The van der Waals surface area contributed by atoms with Crippen LogP contribution in [0.1, 0.15) is 45.3 Å². The van der Waals surface area contributed by atoms with Gasteiger partial charge in [0.05, 0.1) is 12.7 Å². The van der Waals surface area contributed by atoms with Gasteiger partial charge in [-0.05, 0) is 67.1 Å². The highest BCUT2D eigenvalue weighted by Crippen LogP contribution is 2.32. The second-order valence-electron chi connectivity index (χ2n) is 7.22. The molecule has 0 radical (unpaired) electrons. The summed E-state index contributed by atoms with van der Waals surface area (Å²) < 4.78 is 4.73. The number of H-pyrrole nitrogens is 1. The maximum atomic E-state index is 12.7. The third kappa shape index (κ3) is 3.33. The molecule has 1 aliphatic carbocycles. The van der Waals surface area contributed by atoms with Gasteiger partial charge in [0, 0.05) is 27.8 Å². The molecular formula is C22H22N2O3. The molecule has 0 unspecified atom stereocenters. The average molecular weight is 362 g/mol. The van der Waals surface area contributed by atoms with Crippen molar-refractivity contribution in [3.63, 3.8) is 0 Å². The smallest absolute Gasteiger partial charge is 0.337 e. The minimum atomic E-state index is -0.430. The van der Waals surface area contributed by atoms with Gasteiger partial charge in [-0.2, -0.15) is 0 Å². The molecule has 1 heterocycles.